The summed E-state index contributed by atoms with van der Waals surface area (Å²) in [7, 11) is 0. The molecule has 8 nitrogen and oxygen atoms in total. The summed E-state index contributed by atoms with van der Waals surface area (Å²) in [6, 6.07) is 23.4. The summed E-state index contributed by atoms with van der Waals surface area (Å²) in [5.41, 5.74) is 3.78. The quantitative estimate of drug-likeness (QED) is 0.439. The smallest absolute Gasteiger partial charge is 0.315 e. The third kappa shape index (κ3) is 4.96. The zero-order chi connectivity index (χ0) is 24.2. The molecule has 2 amide bonds. The number of likely N-dealkylation sites (tertiary alicyclic amines) is 1. The number of nitrogens with one attached hydrogen (secondary N) is 2. The van der Waals surface area contributed by atoms with Gasteiger partial charge in [0.1, 0.15) is 11.6 Å². The molecule has 0 unspecified atom stereocenters. The lowest BCUT2D eigenvalue weighted by atomic mass is 9.96. The Morgan fingerprint density at radius 2 is 1.54 bits per heavy atom. The topological polar surface area (TPSA) is 104 Å². The Kier molecular flexibility index (Phi) is 6.34. The summed E-state index contributed by atoms with van der Waals surface area (Å²) in [6.45, 7) is 2.85. The van der Waals surface area contributed by atoms with Gasteiger partial charge in [0, 0.05) is 35.8 Å². The molecule has 0 bridgehead atoms. The first-order chi connectivity index (χ1) is 17.1. The van der Waals surface area contributed by atoms with Crippen molar-refractivity contribution >= 4 is 17.6 Å². The fourth-order valence-electron chi connectivity index (χ4n) is 4.40. The van der Waals surface area contributed by atoms with Crippen LogP contribution in [0.15, 0.2) is 72.8 Å². The average molecular weight is 467 g/mol. The molecule has 0 saturated carbocycles. The first-order valence-corrected chi connectivity index (χ1v) is 11.7. The number of aryl methyl sites for hydroxylation is 1. The number of piperidine rings is 1. The van der Waals surface area contributed by atoms with Crippen LogP contribution in [0.5, 0.6) is 0 Å². The molecule has 0 atom stereocenters. The number of nitrogens with zero attached hydrogens (tertiary/aromatic N) is 4. The van der Waals surface area contributed by atoms with Crippen molar-refractivity contribution in [2.45, 2.75) is 25.7 Å². The summed E-state index contributed by atoms with van der Waals surface area (Å²) < 4.78 is 0. The van der Waals surface area contributed by atoms with Gasteiger partial charge in [-0.25, -0.2) is 9.97 Å². The molecule has 2 aromatic heterocycles. The van der Waals surface area contributed by atoms with E-state index in [4.69, 9.17) is 0 Å². The Morgan fingerprint density at radius 1 is 0.886 bits per heavy atom. The van der Waals surface area contributed by atoms with Crippen LogP contribution in [0.3, 0.4) is 0 Å². The van der Waals surface area contributed by atoms with Gasteiger partial charge >= 0.3 is 11.8 Å². The number of benzene rings is 2. The molecule has 2 aromatic carbocycles. The van der Waals surface area contributed by atoms with Crippen molar-refractivity contribution in [2.75, 3.05) is 18.4 Å². The summed E-state index contributed by atoms with van der Waals surface area (Å²) in [4.78, 5) is 36.1. The Balaban J connectivity index is 1.17. The summed E-state index contributed by atoms with van der Waals surface area (Å²) in [5, 5.41) is 10.0. The second-order valence-electron chi connectivity index (χ2n) is 8.63. The number of aromatic nitrogens is 4. The number of H-pyrrole nitrogens is 1. The number of rotatable bonds is 4. The number of hydrogen-bond acceptors (Lipinski definition) is 5. The summed E-state index contributed by atoms with van der Waals surface area (Å²) in [5.74, 6) is 0.803. The van der Waals surface area contributed by atoms with Gasteiger partial charge in [-0.2, -0.15) is 5.10 Å². The molecule has 0 aliphatic carbocycles. The maximum atomic E-state index is 12.8. The maximum Gasteiger partial charge on any atom is 0.315 e. The minimum absolute atomic E-state index is 0.168. The third-order valence-electron chi connectivity index (χ3n) is 6.31. The van der Waals surface area contributed by atoms with Crippen LogP contribution in [-0.2, 0) is 9.59 Å². The normalized spacial score (nSPS) is 14.0. The Labute approximate surface area is 203 Å². The molecule has 1 aliphatic rings. The highest BCUT2D eigenvalue weighted by Gasteiger charge is 2.29. The molecule has 176 valence electrons. The highest BCUT2D eigenvalue weighted by atomic mass is 16.2. The van der Waals surface area contributed by atoms with E-state index in [0.29, 0.717) is 37.6 Å². The van der Waals surface area contributed by atoms with Crippen molar-refractivity contribution in [1.29, 1.82) is 0 Å². The highest BCUT2D eigenvalue weighted by molar-refractivity contribution is 6.39. The predicted octanol–water partition coefficient (Wildman–Crippen LogP) is 4.19. The highest BCUT2D eigenvalue weighted by Crippen LogP contribution is 2.27. The molecule has 3 heterocycles. The lowest BCUT2D eigenvalue weighted by Crippen LogP contribution is -2.44. The number of carbonyl (C=O) groups excluding carboxylic acids is 2. The van der Waals surface area contributed by atoms with Gasteiger partial charge in [0.15, 0.2) is 5.82 Å². The van der Waals surface area contributed by atoms with Crippen LogP contribution in [0.2, 0.25) is 0 Å². The lowest BCUT2D eigenvalue weighted by molar-refractivity contribution is -0.143. The molecule has 35 heavy (non-hydrogen) atoms. The molecule has 1 fully saturated rings. The maximum absolute atomic E-state index is 12.8. The van der Waals surface area contributed by atoms with Crippen LogP contribution in [0.25, 0.3) is 22.5 Å². The summed E-state index contributed by atoms with van der Waals surface area (Å²) >= 11 is 0. The van der Waals surface area contributed by atoms with E-state index in [1.807, 2.05) is 73.7 Å². The summed E-state index contributed by atoms with van der Waals surface area (Å²) in [6.07, 6.45) is 1.43. The van der Waals surface area contributed by atoms with Gasteiger partial charge in [-0.05, 0) is 37.5 Å². The molecule has 8 heteroatoms. The number of carbonyl (C=O) groups is 2. The number of pyridine rings is 1. The molecule has 0 radical (unpaired) electrons. The third-order valence-corrected chi connectivity index (χ3v) is 6.31. The van der Waals surface area contributed by atoms with E-state index in [2.05, 4.69) is 25.5 Å². The standard InChI is InChI=1S/C27H26N6O2/c1-18-22(19-8-4-2-5-9-19)12-13-23(28-18)29-26(34)27(35)33-16-14-21(15-17-33)25-30-24(31-32-25)20-10-6-3-7-11-20/h2-13,21H,14-17H2,1H3,(H,28,29,34)(H,30,31,32). The van der Waals surface area contributed by atoms with Crippen molar-refractivity contribution < 1.29 is 9.59 Å². The minimum atomic E-state index is -0.672. The van der Waals surface area contributed by atoms with Crippen LogP contribution >= 0.6 is 0 Å². The molecular formula is C27H26N6O2. The van der Waals surface area contributed by atoms with Crippen molar-refractivity contribution in [3.63, 3.8) is 0 Å². The number of aromatic amines is 1. The minimum Gasteiger partial charge on any atom is -0.334 e. The van der Waals surface area contributed by atoms with Crippen molar-refractivity contribution in [3.05, 3.63) is 84.3 Å². The lowest BCUT2D eigenvalue weighted by Gasteiger charge is -2.30. The number of amides is 2. The van der Waals surface area contributed by atoms with Crippen LogP contribution in [0, 0.1) is 6.92 Å². The molecule has 2 N–H and O–H groups in total. The van der Waals surface area contributed by atoms with Crippen LogP contribution in [0.1, 0.15) is 30.3 Å². The second-order valence-corrected chi connectivity index (χ2v) is 8.63. The van der Waals surface area contributed by atoms with E-state index in [-0.39, 0.29) is 5.92 Å². The first kappa shape index (κ1) is 22.5. The van der Waals surface area contributed by atoms with Gasteiger partial charge in [-0.15, -0.1) is 0 Å². The Bertz CT molecular complexity index is 1330. The predicted molar refractivity (Wildman–Crippen MR) is 133 cm³/mol. The van der Waals surface area contributed by atoms with Crippen molar-refractivity contribution in [3.8, 4) is 22.5 Å². The van der Waals surface area contributed by atoms with E-state index in [9.17, 15) is 9.59 Å². The second kappa shape index (κ2) is 9.89. The molecule has 1 aliphatic heterocycles. The molecule has 4 aromatic rings. The molecule has 0 spiro atoms. The van der Waals surface area contributed by atoms with Gasteiger partial charge in [-0.3, -0.25) is 14.7 Å². The Morgan fingerprint density at radius 3 is 2.20 bits per heavy atom. The van der Waals surface area contributed by atoms with E-state index in [0.717, 1.165) is 28.2 Å². The SMILES string of the molecule is Cc1nc(NC(=O)C(=O)N2CCC(c3nc(-c4ccccc4)n[nH]3)CC2)ccc1-c1ccccc1. The van der Waals surface area contributed by atoms with Crippen molar-refractivity contribution in [1.82, 2.24) is 25.1 Å². The first-order valence-electron chi connectivity index (χ1n) is 11.7. The van der Waals surface area contributed by atoms with Gasteiger partial charge in [0.05, 0.1) is 0 Å². The fraction of sp³-hybridized carbons (Fsp3) is 0.222. The largest absolute Gasteiger partial charge is 0.334 e. The number of hydrogen-bond donors (Lipinski definition) is 2. The fourth-order valence-corrected chi connectivity index (χ4v) is 4.40. The monoisotopic (exact) mass is 466 g/mol. The van der Waals surface area contributed by atoms with Gasteiger partial charge in [0.2, 0.25) is 0 Å². The van der Waals surface area contributed by atoms with Crippen LogP contribution in [0.4, 0.5) is 5.82 Å². The molecule has 5 rings (SSSR count). The molecular weight excluding hydrogens is 440 g/mol. The number of anilines is 1. The zero-order valence-electron chi connectivity index (χ0n) is 19.4. The van der Waals surface area contributed by atoms with E-state index in [1.165, 1.54) is 0 Å². The van der Waals surface area contributed by atoms with Crippen LogP contribution < -0.4 is 5.32 Å². The van der Waals surface area contributed by atoms with Crippen LogP contribution in [-0.4, -0.2) is 50.0 Å². The zero-order valence-corrected chi connectivity index (χ0v) is 19.4. The van der Waals surface area contributed by atoms with Gasteiger partial charge in [-0.1, -0.05) is 60.7 Å². The van der Waals surface area contributed by atoms with E-state index < -0.39 is 11.8 Å². The van der Waals surface area contributed by atoms with Gasteiger partial charge < -0.3 is 10.2 Å². The average Bonchev–Trinajstić information content (AvgIpc) is 3.40. The Hall–Kier alpha value is -4.33. The molecule has 1 saturated heterocycles. The van der Waals surface area contributed by atoms with Gasteiger partial charge in [0.25, 0.3) is 0 Å². The van der Waals surface area contributed by atoms with E-state index in [1.54, 1.807) is 11.0 Å². The van der Waals surface area contributed by atoms with Crippen molar-refractivity contribution in [2.24, 2.45) is 0 Å². The van der Waals surface area contributed by atoms with E-state index >= 15 is 0 Å².